The van der Waals surface area contributed by atoms with E-state index in [9.17, 15) is 9.90 Å². The van der Waals surface area contributed by atoms with Crippen molar-refractivity contribution in [3.05, 3.63) is 34.3 Å². The molecule has 0 amide bonds. The molecule has 1 unspecified atom stereocenters. The summed E-state index contributed by atoms with van der Waals surface area (Å²) in [5.74, 6) is -0.597. The van der Waals surface area contributed by atoms with Gasteiger partial charge in [0.1, 0.15) is 0 Å². The number of carbonyl (C=O) groups is 1. The van der Waals surface area contributed by atoms with Gasteiger partial charge in [-0.25, -0.2) is 4.79 Å². The van der Waals surface area contributed by atoms with E-state index in [1.165, 1.54) is 0 Å². The van der Waals surface area contributed by atoms with Gasteiger partial charge in [0.25, 0.3) is 0 Å². The van der Waals surface area contributed by atoms with Crippen LogP contribution in [0, 0.1) is 0 Å². The van der Waals surface area contributed by atoms with E-state index in [1.54, 1.807) is 38.1 Å². The van der Waals surface area contributed by atoms with E-state index in [4.69, 9.17) is 4.74 Å². The highest BCUT2D eigenvalue weighted by Crippen LogP contribution is 2.27. The summed E-state index contributed by atoms with van der Waals surface area (Å²) in [6.07, 6.45) is 0.285. The smallest absolute Gasteiger partial charge is 0.342 e. The van der Waals surface area contributed by atoms with Crippen molar-refractivity contribution in [1.82, 2.24) is 0 Å². The van der Waals surface area contributed by atoms with Gasteiger partial charge < -0.3 is 9.84 Å². The average Bonchev–Trinajstić information content (AvgIpc) is 2.29. The molecule has 0 saturated carbocycles. The van der Waals surface area contributed by atoms with Gasteiger partial charge in [-0.2, -0.15) is 0 Å². The third kappa shape index (κ3) is 2.62. The second-order valence-corrected chi connectivity index (χ2v) is 4.36. The van der Waals surface area contributed by atoms with Crippen LogP contribution in [-0.2, 0) is 15.1 Å². The van der Waals surface area contributed by atoms with E-state index in [2.05, 4.69) is 15.9 Å². The molecule has 1 aromatic carbocycles. The average molecular weight is 287 g/mol. The minimum atomic E-state index is -1.54. The zero-order valence-corrected chi connectivity index (χ0v) is 11.0. The van der Waals surface area contributed by atoms with Crippen LogP contribution in [0.3, 0.4) is 0 Å². The van der Waals surface area contributed by atoms with Crippen molar-refractivity contribution in [2.45, 2.75) is 25.9 Å². The molecule has 88 valence electrons. The summed E-state index contributed by atoms with van der Waals surface area (Å²) >= 11 is 3.30. The summed E-state index contributed by atoms with van der Waals surface area (Å²) in [5.41, 5.74) is -0.992. The number of esters is 1. The molecule has 1 rings (SSSR count). The van der Waals surface area contributed by atoms with Gasteiger partial charge in [-0.1, -0.05) is 35.0 Å². The molecule has 4 heteroatoms. The lowest BCUT2D eigenvalue weighted by Gasteiger charge is -2.24. The highest BCUT2D eigenvalue weighted by molar-refractivity contribution is 9.10. The number of aliphatic hydroxyl groups is 1. The second kappa shape index (κ2) is 5.46. The van der Waals surface area contributed by atoms with Gasteiger partial charge in [0.15, 0.2) is 5.60 Å². The van der Waals surface area contributed by atoms with E-state index in [1.807, 2.05) is 0 Å². The quantitative estimate of drug-likeness (QED) is 0.866. The molecule has 0 saturated heterocycles. The molecule has 16 heavy (non-hydrogen) atoms. The van der Waals surface area contributed by atoms with E-state index in [0.717, 1.165) is 4.47 Å². The number of hydrogen-bond donors (Lipinski definition) is 1. The summed E-state index contributed by atoms with van der Waals surface area (Å²) < 4.78 is 5.78. The van der Waals surface area contributed by atoms with Gasteiger partial charge in [-0.15, -0.1) is 0 Å². The maximum Gasteiger partial charge on any atom is 0.342 e. The first-order chi connectivity index (χ1) is 7.54. The van der Waals surface area contributed by atoms with E-state index in [0.29, 0.717) is 5.56 Å². The summed E-state index contributed by atoms with van der Waals surface area (Å²) in [7, 11) is 0. The zero-order valence-electron chi connectivity index (χ0n) is 9.37. The molecule has 0 fully saturated rings. The highest BCUT2D eigenvalue weighted by Gasteiger charge is 2.37. The fourth-order valence-electron chi connectivity index (χ4n) is 1.44. The molecule has 0 spiro atoms. The molecule has 0 bridgehead atoms. The van der Waals surface area contributed by atoms with Crippen molar-refractivity contribution in [2.75, 3.05) is 6.61 Å². The van der Waals surface area contributed by atoms with Gasteiger partial charge in [0, 0.05) is 4.47 Å². The van der Waals surface area contributed by atoms with Crippen molar-refractivity contribution in [2.24, 2.45) is 0 Å². The van der Waals surface area contributed by atoms with Crippen LogP contribution in [0.15, 0.2) is 28.7 Å². The number of halogens is 1. The Morgan fingerprint density at radius 3 is 2.38 bits per heavy atom. The van der Waals surface area contributed by atoms with Crippen LogP contribution in [0.25, 0.3) is 0 Å². The lowest BCUT2D eigenvalue weighted by Crippen LogP contribution is -2.36. The van der Waals surface area contributed by atoms with Gasteiger partial charge in [0.2, 0.25) is 0 Å². The summed E-state index contributed by atoms with van der Waals surface area (Å²) in [6.45, 7) is 3.73. The van der Waals surface area contributed by atoms with Crippen LogP contribution in [0.5, 0.6) is 0 Å². The molecule has 1 aromatic rings. The number of benzene rings is 1. The summed E-state index contributed by atoms with van der Waals surface area (Å²) in [6, 6.07) is 7.00. The Hall–Kier alpha value is -0.870. The first kappa shape index (κ1) is 13.2. The molecule has 1 N–H and O–H groups in total. The third-order valence-electron chi connectivity index (χ3n) is 2.45. The minimum Gasteiger partial charge on any atom is -0.464 e. The van der Waals surface area contributed by atoms with Crippen LogP contribution in [0.4, 0.5) is 0 Å². The van der Waals surface area contributed by atoms with Crippen LogP contribution in [0.1, 0.15) is 25.8 Å². The minimum absolute atomic E-state index is 0.262. The highest BCUT2D eigenvalue weighted by atomic mass is 79.9. The Labute approximate surface area is 104 Å². The topological polar surface area (TPSA) is 46.5 Å². The molecule has 1 atom stereocenters. The van der Waals surface area contributed by atoms with Crippen molar-refractivity contribution >= 4 is 21.9 Å². The summed E-state index contributed by atoms with van der Waals surface area (Å²) in [5, 5.41) is 10.3. The molecular weight excluding hydrogens is 272 g/mol. The number of hydrogen-bond acceptors (Lipinski definition) is 3. The molecule has 0 radical (unpaired) electrons. The van der Waals surface area contributed by atoms with Crippen LogP contribution in [0.2, 0.25) is 0 Å². The van der Waals surface area contributed by atoms with Gasteiger partial charge >= 0.3 is 5.97 Å². The standard InChI is InChI=1S/C12H15BrO3/c1-3-12(15,11(14)16-4-2)9-5-7-10(13)8-6-9/h5-8,15H,3-4H2,1-2H3. The van der Waals surface area contributed by atoms with Crippen LogP contribution in [-0.4, -0.2) is 17.7 Å². The molecule has 3 nitrogen and oxygen atoms in total. The Kier molecular flexibility index (Phi) is 4.50. The first-order valence-electron chi connectivity index (χ1n) is 5.20. The van der Waals surface area contributed by atoms with E-state index >= 15 is 0 Å². The zero-order chi connectivity index (χ0) is 12.2. The third-order valence-corrected chi connectivity index (χ3v) is 2.98. The summed E-state index contributed by atoms with van der Waals surface area (Å²) in [4.78, 5) is 11.7. The van der Waals surface area contributed by atoms with Crippen LogP contribution >= 0.6 is 15.9 Å². The maximum absolute atomic E-state index is 11.7. The fraction of sp³-hybridized carbons (Fsp3) is 0.417. The maximum atomic E-state index is 11.7. The second-order valence-electron chi connectivity index (χ2n) is 3.44. The molecular formula is C12H15BrO3. The predicted octanol–water partition coefficient (Wildman–Crippen LogP) is 2.61. The Bertz CT molecular complexity index is 361. The van der Waals surface area contributed by atoms with E-state index < -0.39 is 11.6 Å². The normalized spacial score (nSPS) is 14.2. The monoisotopic (exact) mass is 286 g/mol. The Balaban J connectivity index is 3.04. The lowest BCUT2D eigenvalue weighted by atomic mass is 9.91. The molecule has 0 aliphatic carbocycles. The Morgan fingerprint density at radius 2 is 1.94 bits per heavy atom. The van der Waals surface area contributed by atoms with Gasteiger partial charge in [-0.05, 0) is 31.0 Å². The van der Waals surface area contributed by atoms with Crippen LogP contribution < -0.4 is 0 Å². The van der Waals surface area contributed by atoms with Crippen molar-refractivity contribution in [1.29, 1.82) is 0 Å². The van der Waals surface area contributed by atoms with Crippen molar-refractivity contribution in [3.63, 3.8) is 0 Å². The number of rotatable bonds is 4. The SMILES string of the molecule is CCOC(=O)C(O)(CC)c1ccc(Br)cc1. The molecule has 0 aromatic heterocycles. The lowest BCUT2D eigenvalue weighted by molar-refractivity contribution is -0.166. The van der Waals surface area contributed by atoms with Crippen molar-refractivity contribution in [3.8, 4) is 0 Å². The first-order valence-corrected chi connectivity index (χ1v) is 5.99. The number of carbonyl (C=O) groups excluding carboxylic acids is 1. The van der Waals surface area contributed by atoms with Gasteiger partial charge in [-0.3, -0.25) is 0 Å². The Morgan fingerprint density at radius 1 is 1.38 bits per heavy atom. The fourth-order valence-corrected chi connectivity index (χ4v) is 1.71. The predicted molar refractivity (Wildman–Crippen MR) is 65.0 cm³/mol. The van der Waals surface area contributed by atoms with Crippen molar-refractivity contribution < 1.29 is 14.6 Å². The molecule has 0 aliphatic heterocycles. The van der Waals surface area contributed by atoms with E-state index in [-0.39, 0.29) is 13.0 Å². The molecule has 0 heterocycles. The largest absolute Gasteiger partial charge is 0.464 e. The number of ether oxygens (including phenoxy) is 1. The molecule has 0 aliphatic rings. The van der Waals surface area contributed by atoms with Gasteiger partial charge in [0.05, 0.1) is 6.61 Å².